The molecule has 0 spiro atoms. The van der Waals surface area contributed by atoms with Crippen LogP contribution in [0.3, 0.4) is 0 Å². The van der Waals surface area contributed by atoms with Crippen LogP contribution >= 0.6 is 0 Å². The van der Waals surface area contributed by atoms with Crippen LogP contribution in [0.4, 0.5) is 0 Å². The summed E-state index contributed by atoms with van der Waals surface area (Å²) in [5.74, 6) is 0. The second kappa shape index (κ2) is 4.95. The van der Waals surface area contributed by atoms with Gasteiger partial charge in [-0.05, 0) is 11.0 Å². The largest absolute Gasteiger partial charge is 0.294 e. The summed E-state index contributed by atoms with van der Waals surface area (Å²) < 4.78 is 0. The van der Waals surface area contributed by atoms with E-state index in [4.69, 9.17) is 5.26 Å². The number of rotatable bonds is 3. The van der Waals surface area contributed by atoms with Crippen molar-refractivity contribution in [3.8, 4) is 6.07 Å². The molecular formula is C13H19N2+. The first kappa shape index (κ1) is 11.7. The predicted octanol–water partition coefficient (Wildman–Crippen LogP) is 0.964. The van der Waals surface area contributed by atoms with Crippen LogP contribution in [0.2, 0.25) is 0 Å². The van der Waals surface area contributed by atoms with Gasteiger partial charge in [-0.3, -0.25) is 5.32 Å². The van der Waals surface area contributed by atoms with Gasteiger partial charge < -0.3 is 0 Å². The summed E-state index contributed by atoms with van der Waals surface area (Å²) in [5, 5.41) is 10.6. The minimum Gasteiger partial charge on any atom is -0.294 e. The molecule has 1 aromatic carbocycles. The molecule has 0 aliphatic rings. The van der Waals surface area contributed by atoms with Gasteiger partial charge in [0.25, 0.3) is 6.07 Å². The molecule has 1 atom stereocenters. The second-order valence-electron chi connectivity index (χ2n) is 4.81. The fourth-order valence-electron chi connectivity index (χ4n) is 1.39. The molecule has 0 aliphatic carbocycles. The van der Waals surface area contributed by atoms with Gasteiger partial charge in [-0.2, -0.15) is 0 Å². The van der Waals surface area contributed by atoms with E-state index >= 15 is 0 Å². The minimum atomic E-state index is -0.00212. The Bertz CT molecular complexity index is 330. The van der Waals surface area contributed by atoms with Gasteiger partial charge >= 0.3 is 0 Å². The Hall–Kier alpha value is -1.33. The lowest BCUT2D eigenvalue weighted by molar-refractivity contribution is -0.0994. The van der Waals surface area contributed by atoms with Crippen molar-refractivity contribution in [1.82, 2.24) is 5.32 Å². The molecule has 1 aromatic rings. The third kappa shape index (κ3) is 3.73. The van der Waals surface area contributed by atoms with E-state index in [1.165, 1.54) is 5.56 Å². The van der Waals surface area contributed by atoms with Crippen LogP contribution in [0.5, 0.6) is 0 Å². The minimum absolute atomic E-state index is 0.00212. The monoisotopic (exact) mass is 203 g/mol. The lowest BCUT2D eigenvalue weighted by atomic mass is 9.87. The summed E-state index contributed by atoms with van der Waals surface area (Å²) in [7, 11) is 0. The molecule has 0 unspecified atom stereocenters. The first-order valence-electron chi connectivity index (χ1n) is 5.23. The Morgan fingerprint density at radius 3 is 2.33 bits per heavy atom. The van der Waals surface area contributed by atoms with Crippen LogP contribution in [0.15, 0.2) is 30.3 Å². The molecule has 0 bridgehead atoms. The molecule has 0 radical (unpaired) electrons. The maximum absolute atomic E-state index is 7.27. The summed E-state index contributed by atoms with van der Waals surface area (Å²) in [6.07, 6.45) is 0. The van der Waals surface area contributed by atoms with Gasteiger partial charge in [-0.25, -0.2) is 0 Å². The fraction of sp³-hybridized carbons (Fsp3) is 0.462. The molecule has 0 aliphatic heterocycles. The van der Waals surface area contributed by atoms with Gasteiger partial charge in [-0.15, -0.1) is 0 Å². The quantitative estimate of drug-likeness (QED) is 0.754. The first-order chi connectivity index (χ1) is 7.04. The van der Waals surface area contributed by atoms with Crippen LogP contribution in [-0.2, 0) is 6.54 Å². The van der Waals surface area contributed by atoms with Crippen molar-refractivity contribution in [2.24, 2.45) is 5.41 Å². The number of benzene rings is 1. The van der Waals surface area contributed by atoms with Crippen LogP contribution in [0.25, 0.3) is 0 Å². The zero-order valence-corrected chi connectivity index (χ0v) is 9.67. The molecule has 0 aromatic heterocycles. The van der Waals surface area contributed by atoms with Crippen LogP contribution in [-0.4, -0.2) is 6.04 Å². The third-order valence-electron chi connectivity index (χ3n) is 2.36. The zero-order valence-electron chi connectivity index (χ0n) is 9.67. The van der Waals surface area contributed by atoms with Crippen molar-refractivity contribution in [2.75, 3.05) is 0 Å². The molecule has 0 saturated carbocycles. The molecule has 1 rings (SSSR count). The highest BCUT2D eigenvalue weighted by atomic mass is 14.9. The molecule has 15 heavy (non-hydrogen) atoms. The fourth-order valence-corrected chi connectivity index (χ4v) is 1.39. The van der Waals surface area contributed by atoms with E-state index in [1.807, 2.05) is 18.2 Å². The predicted molar refractivity (Wildman–Crippen MR) is 61.4 cm³/mol. The second-order valence-corrected chi connectivity index (χ2v) is 4.81. The zero-order chi connectivity index (χ0) is 11.3. The number of hydrogen-bond acceptors (Lipinski definition) is 1. The summed E-state index contributed by atoms with van der Waals surface area (Å²) in [6, 6.07) is 12.8. The smallest absolute Gasteiger partial charge is 0.289 e. The van der Waals surface area contributed by atoms with Crippen molar-refractivity contribution in [1.29, 1.82) is 0 Å². The van der Waals surface area contributed by atoms with Crippen molar-refractivity contribution < 1.29 is 5.26 Å². The average Bonchev–Trinajstić information content (AvgIpc) is 2.18. The maximum Gasteiger partial charge on any atom is 0.289 e. The van der Waals surface area contributed by atoms with Crippen molar-refractivity contribution in [3.05, 3.63) is 35.9 Å². The van der Waals surface area contributed by atoms with E-state index < -0.39 is 0 Å². The molecule has 2 nitrogen and oxygen atoms in total. The molecule has 2 N–H and O–H groups in total. The molecule has 0 fully saturated rings. The first-order valence-corrected chi connectivity index (χ1v) is 5.23. The van der Waals surface area contributed by atoms with Crippen LogP contribution in [0, 0.1) is 11.5 Å². The van der Waals surface area contributed by atoms with E-state index in [0.29, 0.717) is 0 Å². The normalized spacial score (nSPS) is 13.2. The van der Waals surface area contributed by atoms with Crippen molar-refractivity contribution in [3.63, 3.8) is 0 Å². The van der Waals surface area contributed by atoms with Gasteiger partial charge in [0.05, 0.1) is 0 Å². The number of hydrogen-bond donors (Lipinski definition) is 2. The van der Waals surface area contributed by atoms with E-state index in [-0.39, 0.29) is 11.5 Å². The summed E-state index contributed by atoms with van der Waals surface area (Å²) in [5.41, 5.74) is 1.28. The highest BCUT2D eigenvalue weighted by Crippen LogP contribution is 2.18. The van der Waals surface area contributed by atoms with Gasteiger partial charge in [0.2, 0.25) is 0 Å². The van der Waals surface area contributed by atoms with Crippen molar-refractivity contribution in [2.45, 2.75) is 33.4 Å². The Morgan fingerprint density at radius 1 is 1.27 bits per heavy atom. The van der Waals surface area contributed by atoms with E-state index in [1.54, 1.807) is 0 Å². The summed E-state index contributed by atoms with van der Waals surface area (Å²) >= 11 is 0. The lowest BCUT2D eigenvalue weighted by Gasteiger charge is -2.23. The van der Waals surface area contributed by atoms with Crippen LogP contribution in [0.1, 0.15) is 26.3 Å². The van der Waals surface area contributed by atoms with E-state index in [0.717, 1.165) is 6.54 Å². The molecule has 2 heteroatoms. The highest BCUT2D eigenvalue weighted by molar-refractivity contribution is 5.15. The third-order valence-corrected chi connectivity index (χ3v) is 2.36. The maximum atomic E-state index is 7.27. The van der Waals surface area contributed by atoms with Gasteiger partial charge in [-0.1, -0.05) is 56.4 Å². The van der Waals surface area contributed by atoms with Gasteiger partial charge in [0.15, 0.2) is 0 Å². The Morgan fingerprint density at radius 2 is 1.87 bits per heavy atom. The molecule has 80 valence electrons. The molecular weight excluding hydrogens is 184 g/mol. The Labute approximate surface area is 91.9 Å². The van der Waals surface area contributed by atoms with E-state index in [9.17, 15) is 0 Å². The molecule has 0 amide bonds. The summed E-state index contributed by atoms with van der Waals surface area (Å²) in [4.78, 5) is 0. The van der Waals surface area contributed by atoms with Gasteiger partial charge in [0.1, 0.15) is 6.04 Å². The average molecular weight is 203 g/mol. The van der Waals surface area contributed by atoms with Gasteiger partial charge in [0, 0.05) is 6.54 Å². The SMILES string of the molecule is CC(C)(C)[C@H](C#[NH+])NCc1ccccc1. The van der Waals surface area contributed by atoms with Crippen molar-refractivity contribution >= 4 is 0 Å². The van der Waals surface area contributed by atoms with E-state index in [2.05, 4.69) is 44.3 Å². The molecule has 0 heterocycles. The molecule has 0 saturated heterocycles. The summed E-state index contributed by atoms with van der Waals surface area (Å²) in [6.45, 7) is 7.11. The lowest BCUT2D eigenvalue weighted by Crippen LogP contribution is -2.42. The van der Waals surface area contributed by atoms with Crippen LogP contribution < -0.4 is 10.6 Å². The number of nitrogens with one attached hydrogen (secondary N) is 2. The Balaban J connectivity index is 2.54. The Kier molecular flexibility index (Phi) is 3.88. The highest BCUT2D eigenvalue weighted by Gasteiger charge is 2.26. The topological polar surface area (TPSA) is 35.8 Å². The standard InChI is InChI=1S/C13H18N2/c1-13(2,3)12(9-14)15-10-11-7-5-4-6-8-11/h4-8,12,15H,10H2,1-3H3/p+1/t12-/m0/s1.